The Balaban J connectivity index is 0. The van der Waals surface area contributed by atoms with Crippen LogP contribution in [0.25, 0.3) is 0 Å². The average Bonchev–Trinajstić information content (AvgIpc) is 2.77. The van der Waals surface area contributed by atoms with Crippen molar-refractivity contribution in [3.05, 3.63) is 0 Å². The Hall–Kier alpha value is 0.180. The molecule has 1 rings (SSSR count). The van der Waals surface area contributed by atoms with Gasteiger partial charge in [-0.1, -0.05) is 13.8 Å². The number of ether oxygens (including phenoxy) is 1. The molecule has 11 heteroatoms. The van der Waals surface area contributed by atoms with E-state index in [9.17, 15) is 0 Å². The molecular weight excluding hydrogens is 278 g/mol. The molecule has 0 bridgehead atoms. The highest BCUT2D eigenvalue weighted by atomic mass is 31.2. The molecular formula is C6H18O9P2. The largest absolute Gasteiger partial charge is 0.466 e. The van der Waals surface area contributed by atoms with E-state index in [1.54, 1.807) is 0 Å². The second-order valence-corrected chi connectivity index (χ2v) is 5.26. The second-order valence-electron chi connectivity index (χ2n) is 3.21. The van der Waals surface area contributed by atoms with E-state index in [0.29, 0.717) is 5.60 Å². The maximum absolute atomic E-state index is 8.88. The van der Waals surface area contributed by atoms with Crippen LogP contribution in [-0.4, -0.2) is 41.6 Å². The smallest absolute Gasteiger partial charge is 0.370 e. The van der Waals surface area contributed by atoms with Gasteiger partial charge in [0.25, 0.3) is 0 Å². The van der Waals surface area contributed by atoms with E-state index < -0.39 is 15.6 Å². The van der Waals surface area contributed by atoms with Crippen molar-refractivity contribution >= 4 is 15.6 Å². The molecule has 0 unspecified atom stereocenters. The van der Waals surface area contributed by atoms with E-state index in [4.69, 9.17) is 43.2 Å². The quantitative estimate of drug-likeness (QED) is 0.296. The van der Waals surface area contributed by atoms with Crippen LogP contribution in [0.1, 0.15) is 26.7 Å². The maximum Gasteiger partial charge on any atom is 0.466 e. The zero-order valence-electron chi connectivity index (χ0n) is 9.42. The lowest BCUT2D eigenvalue weighted by Crippen LogP contribution is -2.05. The van der Waals surface area contributed by atoms with Crippen LogP contribution >= 0.6 is 15.6 Å². The molecule has 0 amide bonds. The van der Waals surface area contributed by atoms with E-state index in [0.717, 1.165) is 6.61 Å². The van der Waals surface area contributed by atoms with Crippen molar-refractivity contribution in [2.24, 2.45) is 0 Å². The highest BCUT2D eigenvalue weighted by molar-refractivity contribution is 7.45. The summed E-state index contributed by atoms with van der Waals surface area (Å²) in [7, 11) is -9.28. The van der Waals surface area contributed by atoms with Crippen LogP contribution in [0.4, 0.5) is 0 Å². The minimum Gasteiger partial charge on any atom is -0.370 e. The van der Waals surface area contributed by atoms with Crippen molar-refractivity contribution in [2.45, 2.75) is 32.3 Å². The average molecular weight is 296 g/mol. The number of rotatable bonds is 2. The third kappa shape index (κ3) is 26.0. The normalized spacial score (nSPS) is 17.2. The van der Waals surface area contributed by atoms with Crippen LogP contribution in [0.3, 0.4) is 0 Å². The minimum atomic E-state index is -4.64. The summed E-state index contributed by atoms with van der Waals surface area (Å²) in [5.41, 5.74) is 0.333. The molecule has 1 saturated heterocycles. The van der Waals surface area contributed by atoms with Crippen molar-refractivity contribution < 1.29 is 43.2 Å². The number of hydrogen-bond acceptors (Lipinski definition) is 3. The molecule has 6 N–H and O–H groups in total. The fourth-order valence-electron chi connectivity index (χ4n) is 0.760. The first-order valence-electron chi connectivity index (χ1n) is 4.53. The third-order valence-corrected chi connectivity index (χ3v) is 1.84. The SMILES string of the molecule is CCC1(CC)CO1.O=P(O)(O)O.O=P(O)(O)O. The molecule has 1 heterocycles. The topological polar surface area (TPSA) is 168 Å². The molecule has 0 aromatic rings. The van der Waals surface area contributed by atoms with Gasteiger partial charge in [-0.05, 0) is 12.8 Å². The van der Waals surface area contributed by atoms with E-state index in [1.165, 1.54) is 12.8 Å². The van der Waals surface area contributed by atoms with Crippen molar-refractivity contribution in [1.29, 1.82) is 0 Å². The standard InChI is InChI=1S/C6H12O.2H3O4P/c1-3-6(4-2)5-7-6;2*1-5(2,3)4/h3-5H2,1-2H3;2*(H3,1,2,3,4). The van der Waals surface area contributed by atoms with Crippen LogP contribution in [0.5, 0.6) is 0 Å². The Labute approximate surface area is 98.5 Å². The highest BCUT2D eigenvalue weighted by Crippen LogP contribution is 2.33. The summed E-state index contributed by atoms with van der Waals surface area (Å²) in [4.78, 5) is 43.1. The maximum atomic E-state index is 8.88. The molecule has 0 atom stereocenters. The van der Waals surface area contributed by atoms with E-state index in [1.807, 2.05) is 0 Å². The molecule has 1 aliphatic heterocycles. The van der Waals surface area contributed by atoms with Gasteiger partial charge in [-0.3, -0.25) is 0 Å². The molecule has 0 saturated carbocycles. The lowest BCUT2D eigenvalue weighted by Gasteiger charge is -2.00. The fourth-order valence-corrected chi connectivity index (χ4v) is 0.760. The van der Waals surface area contributed by atoms with E-state index in [2.05, 4.69) is 13.8 Å². The van der Waals surface area contributed by atoms with Crippen LogP contribution < -0.4 is 0 Å². The van der Waals surface area contributed by atoms with Crippen LogP contribution in [-0.2, 0) is 13.9 Å². The van der Waals surface area contributed by atoms with Gasteiger partial charge in [0.05, 0.1) is 12.2 Å². The zero-order chi connectivity index (χ0) is 14.3. The highest BCUT2D eigenvalue weighted by Gasteiger charge is 2.40. The Morgan fingerprint density at radius 1 is 0.941 bits per heavy atom. The monoisotopic (exact) mass is 296 g/mol. The van der Waals surface area contributed by atoms with E-state index in [-0.39, 0.29) is 0 Å². The van der Waals surface area contributed by atoms with Crippen molar-refractivity contribution in [1.82, 2.24) is 0 Å². The van der Waals surface area contributed by atoms with Gasteiger partial charge in [0.2, 0.25) is 0 Å². The van der Waals surface area contributed by atoms with Crippen LogP contribution in [0.2, 0.25) is 0 Å². The molecule has 1 fully saturated rings. The first-order chi connectivity index (χ1) is 7.33. The van der Waals surface area contributed by atoms with Gasteiger partial charge in [0.1, 0.15) is 0 Å². The van der Waals surface area contributed by atoms with Gasteiger partial charge in [-0.2, -0.15) is 0 Å². The minimum absolute atomic E-state index is 0.333. The summed E-state index contributed by atoms with van der Waals surface area (Å²) in [6.07, 6.45) is 2.37. The Morgan fingerprint density at radius 3 is 1.12 bits per heavy atom. The first kappa shape index (κ1) is 19.5. The summed E-state index contributed by atoms with van der Waals surface area (Å²) >= 11 is 0. The first-order valence-corrected chi connectivity index (χ1v) is 7.66. The third-order valence-electron chi connectivity index (χ3n) is 1.84. The predicted molar refractivity (Wildman–Crippen MR) is 57.8 cm³/mol. The van der Waals surface area contributed by atoms with Crippen LogP contribution in [0, 0.1) is 0 Å². The van der Waals surface area contributed by atoms with Gasteiger partial charge >= 0.3 is 15.6 Å². The molecule has 0 radical (unpaired) electrons. The zero-order valence-corrected chi connectivity index (χ0v) is 11.2. The Kier molecular flexibility index (Phi) is 8.70. The molecule has 0 aromatic heterocycles. The van der Waals surface area contributed by atoms with Crippen molar-refractivity contribution in [3.63, 3.8) is 0 Å². The Morgan fingerprint density at radius 2 is 1.12 bits per heavy atom. The van der Waals surface area contributed by atoms with Crippen molar-refractivity contribution in [2.75, 3.05) is 6.61 Å². The second kappa shape index (κ2) is 7.58. The summed E-state index contributed by atoms with van der Waals surface area (Å²) in [6.45, 7) is 5.35. The van der Waals surface area contributed by atoms with Crippen molar-refractivity contribution in [3.8, 4) is 0 Å². The molecule has 106 valence electrons. The molecule has 0 aromatic carbocycles. The van der Waals surface area contributed by atoms with Gasteiger partial charge in [0, 0.05) is 0 Å². The van der Waals surface area contributed by atoms with Crippen LogP contribution in [0.15, 0.2) is 0 Å². The number of phosphoric acid groups is 2. The van der Waals surface area contributed by atoms with Gasteiger partial charge in [0.15, 0.2) is 0 Å². The molecule has 0 spiro atoms. The van der Waals surface area contributed by atoms with Gasteiger partial charge < -0.3 is 34.1 Å². The van der Waals surface area contributed by atoms with Gasteiger partial charge in [-0.15, -0.1) is 0 Å². The Bertz CT molecular complexity index is 245. The fraction of sp³-hybridized carbons (Fsp3) is 1.00. The predicted octanol–water partition coefficient (Wildman–Crippen LogP) is -0.282. The van der Waals surface area contributed by atoms with Gasteiger partial charge in [-0.25, -0.2) is 9.13 Å². The molecule has 1 aliphatic rings. The summed E-state index contributed by atoms with van der Waals surface area (Å²) in [5.74, 6) is 0. The lowest BCUT2D eigenvalue weighted by atomic mass is 10.1. The summed E-state index contributed by atoms with van der Waals surface area (Å²) < 4.78 is 23.0. The molecule has 17 heavy (non-hydrogen) atoms. The lowest BCUT2D eigenvalue weighted by molar-refractivity contribution is 0.272. The summed E-state index contributed by atoms with van der Waals surface area (Å²) in [5, 5.41) is 0. The number of hydrogen-bond donors (Lipinski definition) is 6. The molecule has 0 aliphatic carbocycles. The van der Waals surface area contributed by atoms with E-state index >= 15 is 0 Å². The number of epoxide rings is 1. The summed E-state index contributed by atoms with van der Waals surface area (Å²) in [6, 6.07) is 0. The molecule has 9 nitrogen and oxygen atoms in total.